The summed E-state index contributed by atoms with van der Waals surface area (Å²) in [4.78, 5) is 0. The third-order valence-corrected chi connectivity index (χ3v) is 1.63. The van der Waals surface area contributed by atoms with Gasteiger partial charge in [-0.15, -0.1) is 5.10 Å². The Bertz CT molecular complexity index is 206. The molecule has 0 aromatic carbocycles. The summed E-state index contributed by atoms with van der Waals surface area (Å²) in [6.45, 7) is 3.61. The second-order valence-electron chi connectivity index (χ2n) is 2.51. The van der Waals surface area contributed by atoms with Crippen LogP contribution in [0.1, 0.15) is 25.5 Å². The monoisotopic (exact) mass is 154 g/mol. The first kappa shape index (κ1) is 8.20. The van der Waals surface area contributed by atoms with E-state index >= 15 is 0 Å². The van der Waals surface area contributed by atoms with Gasteiger partial charge in [-0.05, 0) is 6.42 Å². The quantitative estimate of drug-likeness (QED) is 0.688. The van der Waals surface area contributed by atoms with Crippen LogP contribution in [0.2, 0.25) is 0 Å². The molecule has 4 heteroatoms. The van der Waals surface area contributed by atoms with Crippen LogP contribution >= 0.6 is 0 Å². The fraction of sp³-hybridized carbons (Fsp3) is 0.714. The Labute approximate surface area is 66.4 Å². The summed E-state index contributed by atoms with van der Waals surface area (Å²) >= 11 is 0. The zero-order valence-corrected chi connectivity index (χ0v) is 6.82. The number of rotatable bonds is 4. The average Bonchev–Trinajstić information content (AvgIpc) is 2.47. The Morgan fingerprint density at radius 2 is 2.45 bits per heavy atom. The molecule has 0 saturated heterocycles. The van der Waals surface area contributed by atoms with Crippen molar-refractivity contribution in [3.05, 3.63) is 11.9 Å². The summed E-state index contributed by atoms with van der Waals surface area (Å²) in [5.74, 6) is 0. The lowest BCUT2D eigenvalue weighted by molar-refractivity contribution is 0.533. The molecule has 4 nitrogen and oxygen atoms in total. The van der Waals surface area contributed by atoms with Gasteiger partial charge in [-0.3, -0.25) is 0 Å². The molecule has 0 fully saturated rings. The van der Waals surface area contributed by atoms with E-state index in [2.05, 4.69) is 17.2 Å². The van der Waals surface area contributed by atoms with Gasteiger partial charge in [0.05, 0.1) is 11.9 Å². The third kappa shape index (κ3) is 2.01. The molecular formula is C7H14N4. The Morgan fingerprint density at radius 3 is 3.09 bits per heavy atom. The minimum Gasteiger partial charge on any atom is -0.325 e. The van der Waals surface area contributed by atoms with Crippen LogP contribution in [0.4, 0.5) is 0 Å². The summed E-state index contributed by atoms with van der Waals surface area (Å²) in [7, 11) is 0. The molecule has 1 aromatic rings. The van der Waals surface area contributed by atoms with Crippen molar-refractivity contribution >= 4 is 0 Å². The number of hydrogen-bond donors (Lipinski definition) is 1. The largest absolute Gasteiger partial charge is 0.325 e. The zero-order chi connectivity index (χ0) is 8.10. The van der Waals surface area contributed by atoms with Crippen LogP contribution in [0, 0.1) is 0 Å². The van der Waals surface area contributed by atoms with Crippen LogP contribution in [-0.4, -0.2) is 15.0 Å². The molecule has 0 bridgehead atoms. The van der Waals surface area contributed by atoms with E-state index in [4.69, 9.17) is 5.73 Å². The molecule has 0 unspecified atom stereocenters. The standard InChI is InChI=1S/C7H14N4/c1-2-3-4-11-7(5-8)6-9-10-11/h6H,2-5,8H2,1H3. The Morgan fingerprint density at radius 1 is 1.64 bits per heavy atom. The van der Waals surface area contributed by atoms with Crippen molar-refractivity contribution in [3.8, 4) is 0 Å². The highest BCUT2D eigenvalue weighted by Crippen LogP contribution is 1.97. The second-order valence-corrected chi connectivity index (χ2v) is 2.51. The van der Waals surface area contributed by atoms with Crippen molar-refractivity contribution < 1.29 is 0 Å². The van der Waals surface area contributed by atoms with Crippen LogP contribution in [0.25, 0.3) is 0 Å². The summed E-state index contributed by atoms with van der Waals surface area (Å²) in [5.41, 5.74) is 6.48. The maximum absolute atomic E-state index is 5.47. The van der Waals surface area contributed by atoms with Crippen LogP contribution < -0.4 is 5.73 Å². The topological polar surface area (TPSA) is 56.7 Å². The predicted octanol–water partition coefficient (Wildman–Crippen LogP) is 0.537. The van der Waals surface area contributed by atoms with Crippen LogP contribution in [0.15, 0.2) is 6.20 Å². The molecule has 1 heterocycles. The molecule has 2 N–H and O–H groups in total. The Kier molecular flexibility index (Phi) is 3.04. The number of nitrogens with zero attached hydrogens (tertiary/aromatic N) is 3. The van der Waals surface area contributed by atoms with Crippen molar-refractivity contribution in [1.82, 2.24) is 15.0 Å². The highest BCUT2D eigenvalue weighted by Gasteiger charge is 1.98. The summed E-state index contributed by atoms with van der Waals surface area (Å²) in [6.07, 6.45) is 4.02. The molecule has 1 rings (SSSR count). The van der Waals surface area contributed by atoms with Crippen molar-refractivity contribution in [2.75, 3.05) is 0 Å². The number of nitrogens with two attached hydrogens (primary N) is 1. The fourth-order valence-electron chi connectivity index (χ4n) is 0.933. The Balaban J connectivity index is 2.54. The van der Waals surface area contributed by atoms with E-state index in [1.54, 1.807) is 6.20 Å². The number of aryl methyl sites for hydroxylation is 1. The highest BCUT2D eigenvalue weighted by atomic mass is 15.4. The van der Waals surface area contributed by atoms with Crippen molar-refractivity contribution in [1.29, 1.82) is 0 Å². The van der Waals surface area contributed by atoms with E-state index in [1.807, 2.05) is 4.68 Å². The number of aromatic nitrogens is 3. The highest BCUT2D eigenvalue weighted by molar-refractivity contribution is 4.91. The van der Waals surface area contributed by atoms with Crippen molar-refractivity contribution in [2.24, 2.45) is 5.73 Å². The molecule has 0 spiro atoms. The van der Waals surface area contributed by atoms with Gasteiger partial charge in [-0.1, -0.05) is 18.6 Å². The molecule has 11 heavy (non-hydrogen) atoms. The third-order valence-electron chi connectivity index (χ3n) is 1.63. The number of hydrogen-bond acceptors (Lipinski definition) is 3. The van der Waals surface area contributed by atoms with Gasteiger partial charge in [0.2, 0.25) is 0 Å². The predicted molar refractivity (Wildman–Crippen MR) is 42.8 cm³/mol. The van der Waals surface area contributed by atoms with Crippen molar-refractivity contribution in [3.63, 3.8) is 0 Å². The van der Waals surface area contributed by atoms with Crippen LogP contribution in [0.5, 0.6) is 0 Å². The molecule has 0 radical (unpaired) electrons. The van der Waals surface area contributed by atoms with E-state index in [9.17, 15) is 0 Å². The smallest absolute Gasteiger partial charge is 0.0738 e. The maximum atomic E-state index is 5.47. The van der Waals surface area contributed by atoms with Gasteiger partial charge in [0.25, 0.3) is 0 Å². The van der Waals surface area contributed by atoms with Crippen LogP contribution in [-0.2, 0) is 13.1 Å². The first-order chi connectivity index (χ1) is 5.38. The molecule has 0 amide bonds. The molecule has 0 atom stereocenters. The molecule has 62 valence electrons. The van der Waals surface area contributed by atoms with E-state index < -0.39 is 0 Å². The van der Waals surface area contributed by atoms with Gasteiger partial charge in [0.1, 0.15) is 0 Å². The average molecular weight is 154 g/mol. The van der Waals surface area contributed by atoms with Gasteiger partial charge in [-0.2, -0.15) is 0 Å². The van der Waals surface area contributed by atoms with E-state index in [0.717, 1.165) is 18.7 Å². The van der Waals surface area contributed by atoms with Gasteiger partial charge in [0, 0.05) is 13.1 Å². The first-order valence-electron chi connectivity index (χ1n) is 3.96. The minimum atomic E-state index is 0.525. The minimum absolute atomic E-state index is 0.525. The normalized spacial score (nSPS) is 10.4. The maximum Gasteiger partial charge on any atom is 0.0738 e. The summed E-state index contributed by atoms with van der Waals surface area (Å²) in [5, 5.41) is 7.69. The summed E-state index contributed by atoms with van der Waals surface area (Å²) < 4.78 is 1.86. The SMILES string of the molecule is CCCCn1nncc1CN. The molecular weight excluding hydrogens is 140 g/mol. The fourth-order valence-corrected chi connectivity index (χ4v) is 0.933. The van der Waals surface area contributed by atoms with Crippen molar-refractivity contribution in [2.45, 2.75) is 32.9 Å². The number of unbranched alkanes of at least 4 members (excludes halogenated alkanes) is 1. The van der Waals surface area contributed by atoms with Gasteiger partial charge in [-0.25, -0.2) is 4.68 Å². The zero-order valence-electron chi connectivity index (χ0n) is 6.82. The molecule has 1 aromatic heterocycles. The molecule has 0 saturated carbocycles. The lowest BCUT2D eigenvalue weighted by atomic mass is 10.3. The van der Waals surface area contributed by atoms with Gasteiger partial charge in [0.15, 0.2) is 0 Å². The van der Waals surface area contributed by atoms with E-state index in [1.165, 1.54) is 6.42 Å². The molecule has 0 aliphatic rings. The van der Waals surface area contributed by atoms with Gasteiger partial charge >= 0.3 is 0 Å². The molecule has 0 aliphatic carbocycles. The first-order valence-corrected chi connectivity index (χ1v) is 3.96. The molecule has 0 aliphatic heterocycles. The van der Waals surface area contributed by atoms with E-state index in [-0.39, 0.29) is 0 Å². The lowest BCUT2D eigenvalue weighted by Crippen LogP contribution is -2.08. The second kappa shape index (κ2) is 4.08. The van der Waals surface area contributed by atoms with Crippen LogP contribution in [0.3, 0.4) is 0 Å². The summed E-state index contributed by atoms with van der Waals surface area (Å²) in [6, 6.07) is 0. The Hall–Kier alpha value is -0.900. The van der Waals surface area contributed by atoms with E-state index in [0.29, 0.717) is 6.54 Å². The van der Waals surface area contributed by atoms with Gasteiger partial charge < -0.3 is 5.73 Å². The lowest BCUT2D eigenvalue weighted by Gasteiger charge is -2.01.